The summed E-state index contributed by atoms with van der Waals surface area (Å²) in [5.74, 6) is -0.265. The molecule has 29 heavy (non-hydrogen) atoms. The molecule has 0 radical (unpaired) electrons. The molecular weight excluding hydrogens is 392 g/mol. The molecule has 1 heterocycles. The summed E-state index contributed by atoms with van der Waals surface area (Å²) in [6.45, 7) is 4.97. The minimum absolute atomic E-state index is 0.102. The minimum Gasteiger partial charge on any atom is -0.482 e. The second-order valence-corrected chi connectivity index (χ2v) is 9.63. The van der Waals surface area contributed by atoms with E-state index in [9.17, 15) is 18.0 Å². The number of fused-ring (bicyclic) bond motifs is 1. The fourth-order valence-corrected chi connectivity index (χ4v) is 4.72. The Kier molecular flexibility index (Phi) is 5.66. The van der Waals surface area contributed by atoms with E-state index >= 15 is 0 Å². The molecule has 0 bridgehead atoms. The van der Waals surface area contributed by atoms with Gasteiger partial charge in [0.05, 0.1) is 15.8 Å². The summed E-state index contributed by atoms with van der Waals surface area (Å²) < 4.78 is 31.6. The third-order valence-corrected chi connectivity index (χ3v) is 7.28. The van der Waals surface area contributed by atoms with Gasteiger partial charge in [0, 0.05) is 25.2 Å². The van der Waals surface area contributed by atoms with Crippen LogP contribution in [-0.2, 0) is 19.4 Å². The molecule has 0 aromatic heterocycles. The van der Waals surface area contributed by atoms with Gasteiger partial charge in [-0.05, 0) is 44.5 Å². The number of nitrogens with one attached hydrogen (secondary N) is 1. The third-order valence-electron chi connectivity index (χ3n) is 5.00. The van der Waals surface area contributed by atoms with Crippen molar-refractivity contribution in [3.05, 3.63) is 47.5 Å². The lowest BCUT2D eigenvalue weighted by Crippen LogP contribution is -2.32. The Bertz CT molecular complexity index is 1060. The van der Waals surface area contributed by atoms with Crippen molar-refractivity contribution in [2.45, 2.75) is 37.3 Å². The van der Waals surface area contributed by atoms with E-state index in [4.69, 9.17) is 4.74 Å². The van der Waals surface area contributed by atoms with Crippen LogP contribution in [0.4, 0.5) is 11.4 Å². The third kappa shape index (κ3) is 4.27. The second-order valence-electron chi connectivity index (χ2n) is 7.30. The molecule has 2 aromatic rings. The van der Waals surface area contributed by atoms with Crippen LogP contribution in [0, 0.1) is 13.8 Å². The number of ether oxygens (including phenoxy) is 1. The molecule has 8 heteroatoms. The van der Waals surface area contributed by atoms with E-state index in [1.807, 2.05) is 31.2 Å². The number of carbonyl (C=O) groups excluding carboxylic acids is 2. The molecule has 2 aromatic carbocycles. The predicted octanol–water partition coefficient (Wildman–Crippen LogP) is 2.85. The number of hydrogen-bond donors (Lipinski definition) is 1. The van der Waals surface area contributed by atoms with Crippen LogP contribution in [0.2, 0.25) is 0 Å². The predicted molar refractivity (Wildman–Crippen MR) is 111 cm³/mol. The summed E-state index contributed by atoms with van der Waals surface area (Å²) in [5.41, 5.74) is 2.72. The highest BCUT2D eigenvalue weighted by Gasteiger charge is 2.30. The van der Waals surface area contributed by atoms with Crippen molar-refractivity contribution in [3.8, 4) is 5.75 Å². The van der Waals surface area contributed by atoms with Crippen LogP contribution in [0.5, 0.6) is 5.75 Å². The maximum absolute atomic E-state index is 13.1. The lowest BCUT2D eigenvalue weighted by Gasteiger charge is -2.23. The van der Waals surface area contributed by atoms with Crippen molar-refractivity contribution in [2.24, 2.45) is 0 Å². The fraction of sp³-hybridized carbons (Fsp3) is 0.333. The van der Waals surface area contributed by atoms with Gasteiger partial charge in [0.2, 0.25) is 5.91 Å². The van der Waals surface area contributed by atoms with Crippen molar-refractivity contribution in [1.29, 1.82) is 0 Å². The molecule has 1 aliphatic rings. The number of sulfone groups is 1. The molecule has 154 valence electrons. The largest absolute Gasteiger partial charge is 0.482 e. The van der Waals surface area contributed by atoms with E-state index in [1.54, 1.807) is 20.0 Å². The molecule has 2 amide bonds. The molecular formula is C21H24N2O5S. The number of carbonyl (C=O) groups is 2. The SMILES string of the molecule is Cc1ccc(N(C)C(=O)C[C@@H](C)S(=O)(=O)c2cc3c(cc2C)NC(=O)CO3)cc1. The Balaban J connectivity index is 1.81. The first kappa shape index (κ1) is 20.9. The van der Waals surface area contributed by atoms with Crippen molar-refractivity contribution in [1.82, 2.24) is 0 Å². The molecule has 1 aliphatic heterocycles. The average Bonchev–Trinajstić information content (AvgIpc) is 2.67. The Morgan fingerprint density at radius 2 is 1.86 bits per heavy atom. The van der Waals surface area contributed by atoms with Crippen LogP contribution >= 0.6 is 0 Å². The number of aryl methyl sites for hydroxylation is 2. The smallest absolute Gasteiger partial charge is 0.262 e. The molecule has 0 fully saturated rings. The van der Waals surface area contributed by atoms with Gasteiger partial charge in [-0.15, -0.1) is 0 Å². The summed E-state index contributed by atoms with van der Waals surface area (Å²) >= 11 is 0. The van der Waals surface area contributed by atoms with E-state index < -0.39 is 15.1 Å². The van der Waals surface area contributed by atoms with Gasteiger partial charge in [-0.25, -0.2) is 8.42 Å². The highest BCUT2D eigenvalue weighted by Crippen LogP contribution is 2.34. The Morgan fingerprint density at radius 3 is 2.52 bits per heavy atom. The number of rotatable bonds is 5. The molecule has 0 saturated carbocycles. The van der Waals surface area contributed by atoms with E-state index in [0.717, 1.165) is 5.56 Å². The van der Waals surface area contributed by atoms with Gasteiger partial charge in [-0.2, -0.15) is 0 Å². The second kappa shape index (κ2) is 7.87. The normalized spacial score (nSPS) is 14.4. The lowest BCUT2D eigenvalue weighted by molar-refractivity contribution is -0.119. The summed E-state index contributed by atoms with van der Waals surface area (Å²) in [7, 11) is -2.14. The first-order valence-electron chi connectivity index (χ1n) is 9.24. The summed E-state index contributed by atoms with van der Waals surface area (Å²) in [4.78, 5) is 25.7. The summed E-state index contributed by atoms with van der Waals surface area (Å²) in [5, 5.41) is 1.74. The van der Waals surface area contributed by atoms with Gasteiger partial charge in [-0.1, -0.05) is 17.7 Å². The van der Waals surface area contributed by atoms with Crippen molar-refractivity contribution in [3.63, 3.8) is 0 Å². The molecule has 0 spiro atoms. The fourth-order valence-electron chi connectivity index (χ4n) is 3.14. The number of nitrogens with zero attached hydrogens (tertiary/aromatic N) is 1. The topological polar surface area (TPSA) is 92.8 Å². The van der Waals surface area contributed by atoms with E-state index in [1.165, 1.54) is 17.9 Å². The highest BCUT2D eigenvalue weighted by atomic mass is 32.2. The Hall–Kier alpha value is -2.87. The van der Waals surface area contributed by atoms with Gasteiger partial charge < -0.3 is 15.0 Å². The van der Waals surface area contributed by atoms with E-state index in [-0.39, 0.29) is 29.7 Å². The number of anilines is 2. The van der Waals surface area contributed by atoms with Gasteiger partial charge in [0.1, 0.15) is 5.75 Å². The van der Waals surface area contributed by atoms with Gasteiger partial charge in [0.25, 0.3) is 5.91 Å². The number of amides is 2. The van der Waals surface area contributed by atoms with Gasteiger partial charge in [-0.3, -0.25) is 9.59 Å². The van der Waals surface area contributed by atoms with Crippen molar-refractivity contribution >= 4 is 33.0 Å². The highest BCUT2D eigenvalue weighted by molar-refractivity contribution is 7.92. The standard InChI is InChI=1S/C21H24N2O5S/c1-13-5-7-16(8-6-13)23(4)21(25)10-15(3)29(26,27)19-11-18-17(9-14(19)2)22-20(24)12-28-18/h5-9,11,15H,10,12H2,1-4H3,(H,22,24)/t15-/m1/s1. The first-order chi connectivity index (χ1) is 13.6. The van der Waals surface area contributed by atoms with Gasteiger partial charge in [0.15, 0.2) is 16.4 Å². The molecule has 1 atom stereocenters. The maximum Gasteiger partial charge on any atom is 0.262 e. The molecule has 0 unspecified atom stereocenters. The number of hydrogen-bond acceptors (Lipinski definition) is 5. The monoisotopic (exact) mass is 416 g/mol. The summed E-state index contributed by atoms with van der Waals surface area (Å²) in [6.07, 6.45) is -0.152. The van der Waals surface area contributed by atoms with Crippen LogP contribution in [0.15, 0.2) is 41.3 Å². The Morgan fingerprint density at radius 1 is 1.21 bits per heavy atom. The van der Waals surface area contributed by atoms with Gasteiger partial charge >= 0.3 is 0 Å². The lowest BCUT2D eigenvalue weighted by atomic mass is 10.2. The first-order valence-corrected chi connectivity index (χ1v) is 10.8. The molecule has 0 aliphatic carbocycles. The van der Waals surface area contributed by atoms with Crippen LogP contribution in [0.1, 0.15) is 24.5 Å². The average molecular weight is 416 g/mol. The maximum atomic E-state index is 13.1. The van der Waals surface area contributed by atoms with Crippen LogP contribution in [-0.4, -0.2) is 39.1 Å². The van der Waals surface area contributed by atoms with E-state index in [0.29, 0.717) is 22.7 Å². The zero-order chi connectivity index (χ0) is 21.3. The van der Waals surface area contributed by atoms with Crippen molar-refractivity contribution < 1.29 is 22.7 Å². The Labute approximate surface area is 170 Å². The molecule has 1 N–H and O–H groups in total. The minimum atomic E-state index is -3.77. The number of benzene rings is 2. The molecule has 7 nitrogen and oxygen atoms in total. The molecule has 3 rings (SSSR count). The summed E-state index contributed by atoms with van der Waals surface area (Å²) in [6, 6.07) is 10.4. The zero-order valence-electron chi connectivity index (χ0n) is 16.9. The quantitative estimate of drug-likeness (QED) is 0.809. The van der Waals surface area contributed by atoms with Crippen molar-refractivity contribution in [2.75, 3.05) is 23.9 Å². The molecule has 0 saturated heterocycles. The van der Waals surface area contributed by atoms with Crippen LogP contribution in [0.25, 0.3) is 0 Å². The van der Waals surface area contributed by atoms with Crippen LogP contribution in [0.3, 0.4) is 0 Å². The zero-order valence-corrected chi connectivity index (χ0v) is 17.7. The van der Waals surface area contributed by atoms with E-state index in [2.05, 4.69) is 5.32 Å². The van der Waals surface area contributed by atoms with Crippen LogP contribution < -0.4 is 15.0 Å².